The number of nitrogens with zero attached hydrogens (tertiary/aromatic N) is 4. The van der Waals surface area contributed by atoms with E-state index in [4.69, 9.17) is 15.6 Å². The molecule has 0 fully saturated rings. The molecule has 94 valence electrons. The number of carbonyl (C=O) groups is 1. The van der Waals surface area contributed by atoms with Crippen molar-refractivity contribution >= 4 is 5.97 Å². The molecule has 9 heteroatoms. The van der Waals surface area contributed by atoms with Crippen LogP contribution in [0.25, 0.3) is 0 Å². The van der Waals surface area contributed by atoms with Crippen LogP contribution in [0.5, 0.6) is 0 Å². The molecule has 0 aromatic carbocycles. The predicted molar refractivity (Wildman–Crippen MR) is 48.8 cm³/mol. The minimum absolute atomic E-state index is 0.344. The van der Waals surface area contributed by atoms with Crippen LogP contribution in [0.1, 0.15) is 11.4 Å². The molecule has 1 rings (SSSR count). The van der Waals surface area contributed by atoms with Gasteiger partial charge in [-0.3, -0.25) is 4.79 Å². The van der Waals surface area contributed by atoms with Crippen LogP contribution in [0.2, 0.25) is 0 Å². The normalized spacial score (nSPS) is 12.5. The molecule has 0 radical (unpaired) electrons. The first kappa shape index (κ1) is 13.5. The summed E-state index contributed by atoms with van der Waals surface area (Å²) in [6, 6.07) is 3.03. The molecule has 1 aromatic heterocycles. The molecule has 0 aliphatic carbocycles. The average molecular weight is 258 g/mol. The Balaban J connectivity index is 3.11. The number of nitriles is 2. The molecule has 0 bridgehead atoms. The number of hydrogen-bond acceptors (Lipinski definition) is 4. The quantitative estimate of drug-likeness (QED) is 0.867. The summed E-state index contributed by atoms with van der Waals surface area (Å²) in [5, 5.41) is 25.7. The number of carboxylic acids is 1. The van der Waals surface area contributed by atoms with E-state index < -0.39 is 30.3 Å². The summed E-state index contributed by atoms with van der Waals surface area (Å²) in [5.74, 6) is -4.72. The van der Waals surface area contributed by atoms with Crippen LogP contribution in [0.4, 0.5) is 13.2 Å². The fourth-order valence-electron chi connectivity index (χ4n) is 1.24. The van der Waals surface area contributed by atoms with Gasteiger partial charge in [0.15, 0.2) is 17.3 Å². The van der Waals surface area contributed by atoms with Crippen LogP contribution in [0.3, 0.4) is 0 Å². The first-order valence-electron chi connectivity index (χ1n) is 4.46. The summed E-state index contributed by atoms with van der Waals surface area (Å²) in [6.07, 6.45) is -4.12. The highest BCUT2D eigenvalue weighted by Crippen LogP contribution is 2.28. The first-order chi connectivity index (χ1) is 8.31. The second kappa shape index (κ2) is 4.75. The molecule has 1 N–H and O–H groups in total. The lowest BCUT2D eigenvalue weighted by Crippen LogP contribution is -2.34. The topological polar surface area (TPSA) is 103 Å². The van der Waals surface area contributed by atoms with Crippen molar-refractivity contribution in [3.63, 3.8) is 0 Å². The molecule has 1 unspecified atom stereocenters. The number of halogens is 3. The molecule has 6 nitrogen and oxygen atoms in total. The summed E-state index contributed by atoms with van der Waals surface area (Å²) in [5.41, 5.74) is -0.739. The molecule has 0 spiro atoms. The van der Waals surface area contributed by atoms with Gasteiger partial charge in [-0.15, -0.1) is 0 Å². The molecule has 0 aliphatic heterocycles. The fourth-order valence-corrected chi connectivity index (χ4v) is 1.24. The maximum absolute atomic E-state index is 12.4. The number of carboxylic acid groups (broad SMARTS) is 1. The summed E-state index contributed by atoms with van der Waals surface area (Å²) in [4.78, 5) is 13.9. The van der Waals surface area contributed by atoms with Crippen LogP contribution in [0.15, 0.2) is 6.33 Å². The Bertz CT molecular complexity index is 550. The van der Waals surface area contributed by atoms with Crippen LogP contribution in [-0.2, 0) is 11.3 Å². The molecule has 1 aromatic rings. The van der Waals surface area contributed by atoms with Crippen molar-refractivity contribution < 1.29 is 23.1 Å². The number of imidazole rings is 1. The van der Waals surface area contributed by atoms with E-state index in [-0.39, 0.29) is 5.69 Å². The highest BCUT2D eigenvalue weighted by molar-refractivity contribution is 5.70. The summed E-state index contributed by atoms with van der Waals surface area (Å²) < 4.78 is 38.0. The van der Waals surface area contributed by atoms with Gasteiger partial charge >= 0.3 is 12.1 Å². The molecule has 0 saturated heterocycles. The molecule has 0 saturated carbocycles. The predicted octanol–water partition coefficient (Wildman–Crippen LogP) is 0.890. The van der Waals surface area contributed by atoms with Crippen molar-refractivity contribution in [2.75, 3.05) is 0 Å². The van der Waals surface area contributed by atoms with Gasteiger partial charge in [0.05, 0.1) is 6.33 Å². The number of alkyl halides is 3. The van der Waals surface area contributed by atoms with Crippen LogP contribution < -0.4 is 0 Å². The van der Waals surface area contributed by atoms with Crippen LogP contribution in [-0.4, -0.2) is 26.8 Å². The van der Waals surface area contributed by atoms with Crippen molar-refractivity contribution in [3.8, 4) is 12.1 Å². The lowest BCUT2D eigenvalue weighted by molar-refractivity contribution is -0.195. The zero-order valence-corrected chi connectivity index (χ0v) is 8.64. The van der Waals surface area contributed by atoms with Gasteiger partial charge in [0, 0.05) is 6.54 Å². The Kier molecular flexibility index (Phi) is 3.57. The van der Waals surface area contributed by atoms with Crippen molar-refractivity contribution in [1.29, 1.82) is 10.5 Å². The third-order valence-corrected chi connectivity index (χ3v) is 2.12. The monoisotopic (exact) mass is 258 g/mol. The molecule has 0 aliphatic rings. The smallest absolute Gasteiger partial charge is 0.403 e. The van der Waals surface area contributed by atoms with Crippen molar-refractivity contribution in [3.05, 3.63) is 17.7 Å². The summed E-state index contributed by atoms with van der Waals surface area (Å²) >= 11 is 0. The third kappa shape index (κ3) is 2.58. The van der Waals surface area contributed by atoms with Crippen LogP contribution in [0, 0.1) is 28.6 Å². The highest BCUT2D eigenvalue weighted by Gasteiger charge is 2.45. The number of hydrogen-bond donors (Lipinski definition) is 1. The van der Waals surface area contributed by atoms with E-state index in [0.717, 1.165) is 6.33 Å². The first-order valence-corrected chi connectivity index (χ1v) is 4.46. The van der Waals surface area contributed by atoms with Gasteiger partial charge in [-0.05, 0) is 0 Å². The van der Waals surface area contributed by atoms with E-state index in [1.54, 1.807) is 0 Å². The lowest BCUT2D eigenvalue weighted by Gasteiger charge is -2.16. The van der Waals surface area contributed by atoms with Crippen LogP contribution >= 0.6 is 0 Å². The van der Waals surface area contributed by atoms with Crippen molar-refractivity contribution in [1.82, 2.24) is 9.55 Å². The van der Waals surface area contributed by atoms with E-state index in [0.29, 0.717) is 4.57 Å². The van der Waals surface area contributed by atoms with E-state index in [1.165, 1.54) is 12.1 Å². The number of aliphatic carboxylic acids is 1. The number of aromatic nitrogens is 2. The molecular formula is C9H5F3N4O2. The van der Waals surface area contributed by atoms with E-state index in [2.05, 4.69) is 4.98 Å². The number of rotatable bonds is 3. The van der Waals surface area contributed by atoms with Crippen molar-refractivity contribution in [2.24, 2.45) is 5.92 Å². The SMILES string of the molecule is N#Cc1ncn(CC(C(=O)O)C(F)(F)F)c1C#N. The second-order valence-corrected chi connectivity index (χ2v) is 3.25. The fraction of sp³-hybridized carbons (Fsp3) is 0.333. The van der Waals surface area contributed by atoms with E-state index in [1.807, 2.05) is 0 Å². The largest absolute Gasteiger partial charge is 0.481 e. The van der Waals surface area contributed by atoms with Gasteiger partial charge in [0.2, 0.25) is 0 Å². The zero-order valence-electron chi connectivity index (χ0n) is 8.64. The van der Waals surface area contributed by atoms with Crippen molar-refractivity contribution in [2.45, 2.75) is 12.7 Å². The van der Waals surface area contributed by atoms with Gasteiger partial charge in [0.25, 0.3) is 0 Å². The highest BCUT2D eigenvalue weighted by atomic mass is 19.4. The standard InChI is InChI=1S/C9H5F3N4O2/c10-9(11,12)5(8(17)18)3-16-4-15-6(1-13)7(16)2-14/h4-5H,3H2,(H,17,18). The maximum Gasteiger partial charge on any atom is 0.403 e. The summed E-state index contributed by atoms with van der Waals surface area (Å²) in [6.45, 7) is -1.00. The lowest BCUT2D eigenvalue weighted by atomic mass is 10.1. The Morgan fingerprint density at radius 3 is 2.50 bits per heavy atom. The Morgan fingerprint density at radius 1 is 1.50 bits per heavy atom. The molecule has 0 amide bonds. The van der Waals surface area contributed by atoms with Gasteiger partial charge in [-0.2, -0.15) is 23.7 Å². The Morgan fingerprint density at radius 2 is 2.11 bits per heavy atom. The Labute approximate surface area is 98.5 Å². The average Bonchev–Trinajstić information content (AvgIpc) is 2.65. The zero-order chi connectivity index (χ0) is 13.9. The molecule has 1 atom stereocenters. The molecular weight excluding hydrogens is 253 g/mol. The van der Waals surface area contributed by atoms with Gasteiger partial charge < -0.3 is 9.67 Å². The van der Waals surface area contributed by atoms with E-state index >= 15 is 0 Å². The van der Waals surface area contributed by atoms with Gasteiger partial charge in [-0.1, -0.05) is 0 Å². The van der Waals surface area contributed by atoms with E-state index in [9.17, 15) is 18.0 Å². The second-order valence-electron chi connectivity index (χ2n) is 3.25. The third-order valence-electron chi connectivity index (χ3n) is 2.12. The Hall–Kier alpha value is -2.55. The van der Waals surface area contributed by atoms with Gasteiger partial charge in [0.1, 0.15) is 12.1 Å². The molecule has 18 heavy (non-hydrogen) atoms. The van der Waals surface area contributed by atoms with Gasteiger partial charge in [-0.25, -0.2) is 4.98 Å². The molecule has 1 heterocycles. The maximum atomic E-state index is 12.4. The minimum atomic E-state index is -4.95. The minimum Gasteiger partial charge on any atom is -0.481 e. The summed E-state index contributed by atoms with van der Waals surface area (Å²) in [7, 11) is 0.